The van der Waals surface area contributed by atoms with Crippen molar-refractivity contribution in [3.63, 3.8) is 0 Å². The molecule has 1 unspecified atom stereocenters. The first-order chi connectivity index (χ1) is 10.5. The van der Waals surface area contributed by atoms with E-state index < -0.39 is 40.9 Å². The fraction of sp³-hybridized carbons (Fsp3) is 0.357. The Kier molecular flexibility index (Phi) is 5.61. The van der Waals surface area contributed by atoms with E-state index in [0.717, 1.165) is 18.2 Å². The highest BCUT2D eigenvalue weighted by Gasteiger charge is 2.33. The molecule has 0 fully saturated rings. The molecule has 0 radical (unpaired) electrons. The average molecular weight is 328 g/mol. The summed E-state index contributed by atoms with van der Waals surface area (Å²) in [5.74, 6) is -2.91. The summed E-state index contributed by atoms with van der Waals surface area (Å²) in [6.45, 7) is 4.93. The summed E-state index contributed by atoms with van der Waals surface area (Å²) in [5, 5.41) is 18.5. The van der Waals surface area contributed by atoms with Gasteiger partial charge in [0.15, 0.2) is 0 Å². The standard InChI is InChI=1S/C14H18F2N4O3/c1-14(2,3)10(18-13(22)23)12(21)20-19-11(17)8-6-7(15)4-5-9(8)16/h4-6,10,18H,1-3H3,(H2,17,19)(H,20,21)(H,22,23). The number of halogens is 2. The van der Waals surface area contributed by atoms with Crippen LogP contribution in [0, 0.1) is 22.5 Å². The zero-order valence-corrected chi connectivity index (χ0v) is 12.8. The van der Waals surface area contributed by atoms with Crippen LogP contribution in [0.2, 0.25) is 0 Å². The minimum atomic E-state index is -1.38. The van der Waals surface area contributed by atoms with E-state index in [1.54, 1.807) is 20.8 Å². The molecule has 7 nitrogen and oxygen atoms in total. The summed E-state index contributed by atoms with van der Waals surface area (Å²) in [6, 6.07) is 1.44. The molecule has 0 aliphatic rings. The van der Waals surface area contributed by atoms with Crippen molar-refractivity contribution < 1.29 is 23.5 Å². The van der Waals surface area contributed by atoms with Crippen LogP contribution in [0.1, 0.15) is 26.3 Å². The van der Waals surface area contributed by atoms with Gasteiger partial charge in [-0.2, -0.15) is 0 Å². The van der Waals surface area contributed by atoms with E-state index in [0.29, 0.717) is 0 Å². The molecule has 23 heavy (non-hydrogen) atoms. The molecule has 0 saturated carbocycles. The number of rotatable bonds is 3. The van der Waals surface area contributed by atoms with Crippen molar-refractivity contribution in [2.75, 3.05) is 0 Å². The molecule has 1 aromatic rings. The van der Waals surface area contributed by atoms with E-state index in [1.807, 2.05) is 0 Å². The van der Waals surface area contributed by atoms with Gasteiger partial charge in [-0.3, -0.25) is 21.1 Å². The molecule has 0 aliphatic heterocycles. The van der Waals surface area contributed by atoms with E-state index in [4.69, 9.17) is 10.5 Å². The zero-order valence-electron chi connectivity index (χ0n) is 12.8. The van der Waals surface area contributed by atoms with Crippen LogP contribution >= 0.6 is 0 Å². The normalized spacial score (nSPS) is 12.2. The number of amidine groups is 1. The monoisotopic (exact) mass is 328 g/mol. The van der Waals surface area contributed by atoms with Crippen LogP contribution < -0.4 is 16.2 Å². The summed E-state index contributed by atoms with van der Waals surface area (Å²) < 4.78 is 26.6. The van der Waals surface area contributed by atoms with E-state index in [2.05, 4.69) is 16.2 Å². The quantitative estimate of drug-likeness (QED) is 0.329. The first kappa shape index (κ1) is 18.3. The van der Waals surface area contributed by atoms with Crippen LogP contribution in [0.3, 0.4) is 0 Å². The van der Waals surface area contributed by atoms with Crippen LogP contribution in [0.15, 0.2) is 18.2 Å². The molecule has 0 aromatic heterocycles. The van der Waals surface area contributed by atoms with Gasteiger partial charge in [-0.1, -0.05) is 20.8 Å². The number of hydrogen-bond donors (Lipinski definition) is 5. The third kappa shape index (κ3) is 5.20. The second-order valence-electron chi connectivity index (χ2n) is 5.86. The Balaban J connectivity index is 2.79. The minimum Gasteiger partial charge on any atom is -0.465 e. The Hall–Kier alpha value is -2.71. The highest BCUT2D eigenvalue weighted by molar-refractivity contribution is 5.98. The molecule has 2 amide bonds. The van der Waals surface area contributed by atoms with Gasteiger partial charge < -0.3 is 10.4 Å². The maximum Gasteiger partial charge on any atom is 0.405 e. The Morgan fingerprint density at radius 3 is 2.35 bits per heavy atom. The van der Waals surface area contributed by atoms with E-state index >= 15 is 0 Å². The van der Waals surface area contributed by atoms with Gasteiger partial charge in [-0.15, -0.1) is 0 Å². The summed E-state index contributed by atoms with van der Waals surface area (Å²) in [6.07, 6.45) is -1.38. The molecule has 1 aromatic carbocycles. The topological polar surface area (TPSA) is 114 Å². The van der Waals surface area contributed by atoms with Gasteiger partial charge in [-0.25, -0.2) is 13.6 Å². The molecular weight excluding hydrogens is 310 g/mol. The fourth-order valence-electron chi connectivity index (χ4n) is 1.75. The predicted octanol–water partition coefficient (Wildman–Crippen LogP) is 1.59. The largest absolute Gasteiger partial charge is 0.465 e. The van der Waals surface area contributed by atoms with Crippen molar-refractivity contribution in [2.24, 2.45) is 5.41 Å². The lowest BCUT2D eigenvalue weighted by Crippen LogP contribution is -2.57. The van der Waals surface area contributed by atoms with E-state index in [9.17, 15) is 18.4 Å². The lowest BCUT2D eigenvalue weighted by atomic mass is 9.86. The highest BCUT2D eigenvalue weighted by Crippen LogP contribution is 2.19. The van der Waals surface area contributed by atoms with Crippen LogP contribution in [-0.2, 0) is 4.79 Å². The third-order valence-electron chi connectivity index (χ3n) is 2.90. The van der Waals surface area contributed by atoms with Crippen molar-refractivity contribution >= 4 is 17.8 Å². The first-order valence-electron chi connectivity index (χ1n) is 6.61. The van der Waals surface area contributed by atoms with Gasteiger partial charge in [0.25, 0.3) is 5.91 Å². The number of hydrogen-bond acceptors (Lipinski definition) is 3. The summed E-state index contributed by atoms with van der Waals surface area (Å²) >= 11 is 0. The zero-order chi connectivity index (χ0) is 17.8. The Labute approximate surface area is 131 Å². The van der Waals surface area contributed by atoms with Crippen LogP contribution in [-0.4, -0.2) is 29.0 Å². The summed E-state index contributed by atoms with van der Waals surface area (Å²) in [4.78, 5) is 22.8. The maximum atomic E-state index is 13.5. The summed E-state index contributed by atoms with van der Waals surface area (Å²) in [7, 11) is 0. The van der Waals surface area contributed by atoms with Gasteiger partial charge in [-0.05, 0) is 23.6 Å². The van der Waals surface area contributed by atoms with Crippen LogP contribution in [0.25, 0.3) is 0 Å². The molecule has 0 saturated heterocycles. The SMILES string of the molecule is CC(C)(C)C(NC(=O)O)C(=O)NNC(=N)c1cc(F)ccc1F. The first-order valence-corrected chi connectivity index (χ1v) is 6.61. The second-order valence-corrected chi connectivity index (χ2v) is 5.86. The van der Waals surface area contributed by atoms with Gasteiger partial charge in [0, 0.05) is 0 Å². The molecule has 1 rings (SSSR count). The molecule has 9 heteroatoms. The van der Waals surface area contributed by atoms with Crippen LogP contribution in [0.4, 0.5) is 13.6 Å². The fourth-order valence-corrected chi connectivity index (χ4v) is 1.75. The molecular formula is C14H18F2N4O3. The Bertz CT molecular complexity index is 629. The molecule has 0 bridgehead atoms. The maximum absolute atomic E-state index is 13.5. The molecule has 0 spiro atoms. The number of hydrazine groups is 1. The van der Waals surface area contributed by atoms with Gasteiger partial charge in [0.05, 0.1) is 5.56 Å². The van der Waals surface area contributed by atoms with Crippen LogP contribution in [0.5, 0.6) is 0 Å². The summed E-state index contributed by atoms with van der Waals surface area (Å²) in [5.41, 5.74) is 3.14. The van der Waals surface area contributed by atoms with E-state index in [1.165, 1.54) is 0 Å². The Morgan fingerprint density at radius 2 is 1.83 bits per heavy atom. The number of amides is 2. The number of benzene rings is 1. The Morgan fingerprint density at radius 1 is 1.22 bits per heavy atom. The van der Waals surface area contributed by atoms with Gasteiger partial charge in [0.2, 0.25) is 0 Å². The average Bonchev–Trinajstić information content (AvgIpc) is 2.43. The molecule has 1 atom stereocenters. The molecule has 0 aliphatic carbocycles. The van der Waals surface area contributed by atoms with E-state index in [-0.39, 0.29) is 5.56 Å². The highest BCUT2D eigenvalue weighted by atomic mass is 19.1. The molecule has 0 heterocycles. The van der Waals surface area contributed by atoms with Crippen molar-refractivity contribution in [2.45, 2.75) is 26.8 Å². The molecule has 5 N–H and O–H groups in total. The van der Waals surface area contributed by atoms with Crippen molar-refractivity contribution in [1.82, 2.24) is 16.2 Å². The van der Waals surface area contributed by atoms with Crippen molar-refractivity contribution in [1.29, 1.82) is 5.41 Å². The van der Waals surface area contributed by atoms with Gasteiger partial charge >= 0.3 is 6.09 Å². The predicted molar refractivity (Wildman–Crippen MR) is 78.9 cm³/mol. The minimum absolute atomic E-state index is 0.371. The smallest absolute Gasteiger partial charge is 0.405 e. The second kappa shape index (κ2) is 7.03. The number of carbonyl (C=O) groups excluding carboxylic acids is 1. The number of carboxylic acid groups (broad SMARTS) is 1. The number of carbonyl (C=O) groups is 2. The van der Waals surface area contributed by atoms with Crippen molar-refractivity contribution in [3.05, 3.63) is 35.4 Å². The third-order valence-corrected chi connectivity index (χ3v) is 2.90. The lowest BCUT2D eigenvalue weighted by molar-refractivity contribution is -0.126. The van der Waals surface area contributed by atoms with Gasteiger partial charge in [0.1, 0.15) is 23.5 Å². The number of nitrogens with one attached hydrogen (secondary N) is 4. The molecule has 126 valence electrons. The lowest BCUT2D eigenvalue weighted by Gasteiger charge is -2.29. The van der Waals surface area contributed by atoms with Crippen molar-refractivity contribution in [3.8, 4) is 0 Å².